The first-order valence-corrected chi connectivity index (χ1v) is 19.6. The second-order valence-corrected chi connectivity index (χ2v) is 18.9. The van der Waals surface area contributed by atoms with Crippen molar-refractivity contribution >= 4 is 44.4 Å². The maximum Gasteiger partial charge on any atom is 0.00211 e. The molecule has 0 spiro atoms. The molecule has 0 amide bonds. The Kier molecular flexibility index (Phi) is 15.7. The van der Waals surface area contributed by atoms with Crippen LogP contribution in [0.2, 0.25) is 0 Å². The third kappa shape index (κ3) is 7.87. The highest BCUT2D eigenvalue weighted by Gasteiger charge is 2.33. The van der Waals surface area contributed by atoms with Crippen LogP contribution in [0.1, 0.15) is 107 Å². The largest absolute Gasteiger partial charge is 0.112 e. The molecule has 4 saturated heterocycles. The van der Waals surface area contributed by atoms with Gasteiger partial charge in [0.1, 0.15) is 0 Å². The minimum atomic E-state index is -0.0967. The fraction of sp³-hybridized carbons (Fsp3) is 0.657. The molecule has 0 N–H and O–H groups in total. The van der Waals surface area contributed by atoms with Crippen LogP contribution in [0.15, 0.2) is 48.5 Å². The van der Waals surface area contributed by atoms with Crippen LogP contribution >= 0.6 is 23.4 Å². The van der Waals surface area contributed by atoms with Crippen molar-refractivity contribution in [2.24, 2.45) is 6.66 Å². The van der Waals surface area contributed by atoms with Crippen molar-refractivity contribution in [3.05, 3.63) is 48.5 Å². The molecule has 3 heteroatoms. The van der Waals surface area contributed by atoms with E-state index in [1.165, 1.54) is 56.5 Å². The van der Waals surface area contributed by atoms with Crippen molar-refractivity contribution in [2.75, 3.05) is 13.3 Å². The predicted molar refractivity (Wildman–Crippen MR) is 188 cm³/mol. The molecule has 7 rings (SSSR count). The summed E-state index contributed by atoms with van der Waals surface area (Å²) in [5, 5.41) is 5.95. The van der Waals surface area contributed by atoms with Gasteiger partial charge in [-0.25, -0.2) is 0 Å². The Morgan fingerprint density at radius 2 is 0.763 bits per heavy atom. The molecule has 0 nitrogen and oxygen atoms in total. The van der Waals surface area contributed by atoms with Gasteiger partial charge in [0.15, 0.2) is 0 Å². The molecule has 1 aromatic heterocycles. The summed E-state index contributed by atoms with van der Waals surface area (Å²) in [5.74, 6) is 0. The van der Waals surface area contributed by atoms with Gasteiger partial charge in [-0.2, -0.15) is 0 Å². The molecule has 4 aliphatic rings. The van der Waals surface area contributed by atoms with E-state index in [2.05, 4.69) is 68.5 Å². The number of benzene rings is 2. The summed E-state index contributed by atoms with van der Waals surface area (Å²) in [6.07, 6.45) is 18.7. The van der Waals surface area contributed by atoms with Gasteiger partial charge in [0.05, 0.1) is 0 Å². The van der Waals surface area contributed by atoms with Crippen LogP contribution in [0.3, 0.4) is 0 Å². The Morgan fingerprint density at radius 3 is 1.16 bits per heavy atom. The van der Waals surface area contributed by atoms with Crippen molar-refractivity contribution < 1.29 is 0 Å². The topological polar surface area (TPSA) is 0 Å². The summed E-state index contributed by atoms with van der Waals surface area (Å²) in [6, 6.07) is 17.5. The van der Waals surface area contributed by atoms with Crippen LogP contribution in [0.25, 0.3) is 21.0 Å². The van der Waals surface area contributed by atoms with Crippen LogP contribution < -0.4 is 0 Å². The molecule has 3 aromatic rings. The quantitative estimate of drug-likeness (QED) is 0.234. The molecule has 4 bridgehead atoms. The van der Waals surface area contributed by atoms with Gasteiger partial charge >= 0.3 is 0 Å². The SMILES string of the molecule is C.C.C.C.CP1C2CCCC1CCC2.CP1C2CCCCC1CC2.Cp1c2ccccc2c2ccccc21. The lowest BCUT2D eigenvalue weighted by Crippen LogP contribution is -2.25. The number of hydrogen-bond acceptors (Lipinski definition) is 0. The molecule has 4 fully saturated rings. The zero-order chi connectivity index (χ0) is 23.5. The Hall–Kier alpha value is -0.400. The molecule has 5 heterocycles. The standard InChI is InChI=1S/C13H11P.2C9H17P.4CH4/c1-14-12-8-4-2-6-10(12)11-7-3-5-9-13(11)14;1-10-8-4-2-5-9(10)7-3-6-8;1-10-8-4-2-3-5-9(10)7-6-8;;;;/h2-9H,1H3;2*8-9H,2-7H2,1H3;4*1H4. The van der Waals surface area contributed by atoms with Gasteiger partial charge in [-0.15, -0.1) is 23.4 Å². The van der Waals surface area contributed by atoms with E-state index in [9.17, 15) is 0 Å². The van der Waals surface area contributed by atoms with E-state index >= 15 is 0 Å². The van der Waals surface area contributed by atoms with E-state index in [1.54, 1.807) is 64.2 Å². The van der Waals surface area contributed by atoms with E-state index in [4.69, 9.17) is 0 Å². The Balaban J connectivity index is 0.000000276. The molecule has 38 heavy (non-hydrogen) atoms. The van der Waals surface area contributed by atoms with E-state index in [1.807, 2.05) is 0 Å². The lowest BCUT2D eigenvalue weighted by Gasteiger charge is -2.41. The summed E-state index contributed by atoms with van der Waals surface area (Å²) in [7, 11) is 0.844. The molecular formula is C35H61P3. The van der Waals surface area contributed by atoms with Crippen molar-refractivity contribution in [3.63, 3.8) is 0 Å². The second-order valence-electron chi connectivity index (χ2n) is 11.3. The van der Waals surface area contributed by atoms with Gasteiger partial charge in [-0.3, -0.25) is 0 Å². The number of rotatable bonds is 0. The van der Waals surface area contributed by atoms with Crippen LogP contribution in [-0.2, 0) is 6.66 Å². The number of fused-ring (bicyclic) bond motifs is 7. The molecule has 0 saturated carbocycles. The minimum absolute atomic E-state index is 0. The Labute approximate surface area is 241 Å². The average Bonchev–Trinajstić information content (AvgIpc) is 3.26. The molecule has 2 unspecified atom stereocenters. The number of aryl methyl sites for hydroxylation is 1. The van der Waals surface area contributed by atoms with Crippen LogP contribution in [0.4, 0.5) is 0 Å². The number of hydrogen-bond donors (Lipinski definition) is 0. The van der Waals surface area contributed by atoms with Gasteiger partial charge in [-0.1, -0.05) is 104 Å². The maximum absolute atomic E-state index is 2.54. The monoisotopic (exact) mass is 574 g/mol. The van der Waals surface area contributed by atoms with Gasteiger partial charge < -0.3 is 0 Å². The van der Waals surface area contributed by atoms with E-state index in [0.717, 1.165) is 0 Å². The van der Waals surface area contributed by atoms with Gasteiger partial charge in [-0.05, 0) is 105 Å². The van der Waals surface area contributed by atoms with Crippen LogP contribution in [0, 0.1) is 0 Å². The summed E-state index contributed by atoms with van der Waals surface area (Å²) >= 11 is 0. The highest BCUT2D eigenvalue weighted by Crippen LogP contribution is 2.58. The zero-order valence-electron chi connectivity index (χ0n) is 21.8. The van der Waals surface area contributed by atoms with E-state index in [-0.39, 0.29) is 37.2 Å². The van der Waals surface area contributed by atoms with Gasteiger partial charge in [0.25, 0.3) is 0 Å². The summed E-state index contributed by atoms with van der Waals surface area (Å²) in [5.41, 5.74) is 4.73. The normalized spacial score (nSPS) is 28.9. The van der Waals surface area contributed by atoms with Crippen molar-refractivity contribution in [1.29, 1.82) is 0 Å². The van der Waals surface area contributed by atoms with Gasteiger partial charge in [0.2, 0.25) is 0 Å². The molecule has 2 atom stereocenters. The molecule has 4 aliphatic heterocycles. The predicted octanol–water partition coefficient (Wildman–Crippen LogP) is 13.5. The first-order valence-electron chi connectivity index (χ1n) is 14.0. The van der Waals surface area contributed by atoms with E-state index in [0.29, 0.717) is 15.8 Å². The van der Waals surface area contributed by atoms with Crippen LogP contribution in [-0.4, -0.2) is 36.0 Å². The highest BCUT2D eigenvalue weighted by atomic mass is 31.1. The lowest BCUT2D eigenvalue weighted by atomic mass is 9.99. The second kappa shape index (κ2) is 16.8. The van der Waals surface area contributed by atoms with E-state index < -0.39 is 0 Å². The maximum atomic E-state index is 2.54. The zero-order valence-corrected chi connectivity index (χ0v) is 24.4. The first-order chi connectivity index (χ1) is 16.6. The third-order valence-corrected chi connectivity index (χ3v) is 18.3. The van der Waals surface area contributed by atoms with Crippen molar-refractivity contribution in [2.45, 2.75) is 129 Å². The third-order valence-electron chi connectivity index (χ3n) is 9.43. The fourth-order valence-electron chi connectivity index (χ4n) is 7.24. The fourth-order valence-corrected chi connectivity index (χ4v) is 15.1. The molecule has 0 radical (unpaired) electrons. The van der Waals surface area contributed by atoms with Crippen molar-refractivity contribution in [1.82, 2.24) is 0 Å². The molecule has 2 aromatic carbocycles. The molecular weight excluding hydrogens is 513 g/mol. The molecule has 216 valence electrons. The summed E-state index contributed by atoms with van der Waals surface area (Å²) in [4.78, 5) is 0. The van der Waals surface area contributed by atoms with Crippen LogP contribution in [0.5, 0.6) is 0 Å². The van der Waals surface area contributed by atoms with Crippen molar-refractivity contribution in [3.8, 4) is 0 Å². The average molecular weight is 575 g/mol. The highest BCUT2D eigenvalue weighted by molar-refractivity contribution is 7.60. The Morgan fingerprint density at radius 1 is 0.447 bits per heavy atom. The minimum Gasteiger partial charge on any atom is -0.112 e. The van der Waals surface area contributed by atoms with Gasteiger partial charge in [0, 0.05) is 10.2 Å². The molecule has 0 aliphatic carbocycles. The smallest absolute Gasteiger partial charge is 0.00211 e. The first kappa shape index (κ1) is 35.6. The summed E-state index contributed by atoms with van der Waals surface area (Å²) in [6.45, 7) is 7.44. The lowest BCUT2D eigenvalue weighted by molar-refractivity contribution is 0.477. The Bertz CT molecular complexity index is 969. The summed E-state index contributed by atoms with van der Waals surface area (Å²) < 4.78 is 0.